The highest BCUT2D eigenvalue weighted by Gasteiger charge is 2.26. The number of amides is 2. The molecule has 6 heteroatoms. The lowest BCUT2D eigenvalue weighted by atomic mass is 9.89. The summed E-state index contributed by atoms with van der Waals surface area (Å²) in [5.74, 6) is -0.209. The number of aromatic nitrogens is 2. The van der Waals surface area contributed by atoms with Gasteiger partial charge in [-0.05, 0) is 43.9 Å². The van der Waals surface area contributed by atoms with Gasteiger partial charge in [-0.2, -0.15) is 5.10 Å². The zero-order valence-electron chi connectivity index (χ0n) is 18.0. The van der Waals surface area contributed by atoms with Crippen molar-refractivity contribution >= 4 is 17.5 Å². The summed E-state index contributed by atoms with van der Waals surface area (Å²) in [6, 6.07) is 18.0. The van der Waals surface area contributed by atoms with Gasteiger partial charge in [0.2, 0.25) is 11.8 Å². The number of rotatable bonds is 7. The van der Waals surface area contributed by atoms with Crippen LogP contribution >= 0.6 is 0 Å². The molecule has 0 unspecified atom stereocenters. The van der Waals surface area contributed by atoms with E-state index in [-0.39, 0.29) is 17.7 Å². The van der Waals surface area contributed by atoms with E-state index < -0.39 is 0 Å². The summed E-state index contributed by atoms with van der Waals surface area (Å²) in [6.07, 6.45) is 1.55. The maximum atomic E-state index is 12.5. The van der Waals surface area contributed by atoms with Gasteiger partial charge in [-0.1, -0.05) is 48.5 Å². The lowest BCUT2D eigenvalue weighted by molar-refractivity contribution is -0.122. The zero-order chi connectivity index (χ0) is 21.8. The van der Waals surface area contributed by atoms with Gasteiger partial charge in [0, 0.05) is 35.8 Å². The molecule has 6 nitrogen and oxygen atoms in total. The third-order valence-corrected chi connectivity index (χ3v) is 6.00. The lowest BCUT2D eigenvalue weighted by Crippen LogP contribution is -2.31. The van der Waals surface area contributed by atoms with Crippen LogP contribution in [0.15, 0.2) is 54.6 Å². The first-order valence-corrected chi connectivity index (χ1v) is 10.7. The largest absolute Gasteiger partial charge is 0.352 e. The van der Waals surface area contributed by atoms with Crippen LogP contribution in [0.4, 0.5) is 5.69 Å². The van der Waals surface area contributed by atoms with Crippen molar-refractivity contribution in [3.63, 3.8) is 0 Å². The van der Waals surface area contributed by atoms with Crippen molar-refractivity contribution in [1.82, 2.24) is 15.1 Å². The molecule has 1 atom stereocenters. The predicted octanol–water partition coefficient (Wildman–Crippen LogP) is 3.76. The van der Waals surface area contributed by atoms with Crippen molar-refractivity contribution in [1.29, 1.82) is 0 Å². The van der Waals surface area contributed by atoms with Gasteiger partial charge in [0.1, 0.15) is 0 Å². The molecule has 0 bridgehead atoms. The minimum atomic E-state index is -0.169. The molecule has 0 fully saturated rings. The van der Waals surface area contributed by atoms with Crippen LogP contribution in [0.1, 0.15) is 40.9 Å². The summed E-state index contributed by atoms with van der Waals surface area (Å²) in [5, 5.41) is 10.6. The molecule has 0 radical (unpaired) electrons. The van der Waals surface area contributed by atoms with E-state index >= 15 is 0 Å². The van der Waals surface area contributed by atoms with Crippen molar-refractivity contribution in [2.24, 2.45) is 5.92 Å². The summed E-state index contributed by atoms with van der Waals surface area (Å²) < 4.78 is 1.98. The molecule has 2 amide bonds. The number of para-hydroxylation sites is 1. The summed E-state index contributed by atoms with van der Waals surface area (Å²) in [5.41, 5.74) is 6.24. The van der Waals surface area contributed by atoms with E-state index in [1.165, 1.54) is 5.56 Å². The molecule has 0 saturated heterocycles. The van der Waals surface area contributed by atoms with Crippen LogP contribution in [0.2, 0.25) is 0 Å². The molecule has 4 rings (SSSR count). The van der Waals surface area contributed by atoms with Gasteiger partial charge in [-0.3, -0.25) is 14.3 Å². The van der Waals surface area contributed by atoms with E-state index in [4.69, 9.17) is 0 Å². The van der Waals surface area contributed by atoms with E-state index in [0.717, 1.165) is 28.2 Å². The highest BCUT2D eigenvalue weighted by molar-refractivity contribution is 5.96. The van der Waals surface area contributed by atoms with Crippen LogP contribution in [0.3, 0.4) is 0 Å². The fourth-order valence-electron chi connectivity index (χ4n) is 4.13. The molecule has 1 aromatic heterocycles. The van der Waals surface area contributed by atoms with Gasteiger partial charge in [-0.15, -0.1) is 0 Å². The standard InChI is InChI=1S/C25H28N4O2/c1-17-22(18(2)29(28-17)16-19-8-4-3-5-9-19)15-26-24(30)13-12-21-14-20-10-6-7-11-23(20)27-25(21)31/h3-11,21H,12-16H2,1-2H3,(H,26,30)(H,27,31)/t21-/m1/s1. The number of benzene rings is 2. The molecule has 3 aromatic rings. The van der Waals surface area contributed by atoms with Crippen LogP contribution in [-0.4, -0.2) is 21.6 Å². The van der Waals surface area contributed by atoms with Crippen LogP contribution in [0.25, 0.3) is 0 Å². The van der Waals surface area contributed by atoms with Crippen LogP contribution in [0, 0.1) is 19.8 Å². The molecular weight excluding hydrogens is 388 g/mol. The topological polar surface area (TPSA) is 76.0 Å². The molecular formula is C25H28N4O2. The number of aryl methyl sites for hydroxylation is 1. The molecule has 1 aliphatic rings. The van der Waals surface area contributed by atoms with Crippen LogP contribution < -0.4 is 10.6 Å². The molecule has 31 heavy (non-hydrogen) atoms. The van der Waals surface area contributed by atoms with Crippen molar-refractivity contribution < 1.29 is 9.59 Å². The van der Waals surface area contributed by atoms with Crippen molar-refractivity contribution in [2.45, 2.75) is 46.2 Å². The SMILES string of the molecule is Cc1nn(Cc2ccccc2)c(C)c1CNC(=O)CC[C@@H]1Cc2ccccc2NC1=O. The smallest absolute Gasteiger partial charge is 0.227 e. The van der Waals surface area contributed by atoms with E-state index in [0.29, 0.717) is 32.4 Å². The number of carbonyl (C=O) groups excluding carboxylic acids is 2. The normalized spacial score (nSPS) is 15.3. The Morgan fingerprint density at radius 3 is 2.68 bits per heavy atom. The number of nitrogens with zero attached hydrogens (tertiary/aromatic N) is 2. The van der Waals surface area contributed by atoms with E-state index in [9.17, 15) is 9.59 Å². The maximum Gasteiger partial charge on any atom is 0.227 e. The molecule has 1 aliphatic heterocycles. The van der Waals surface area contributed by atoms with E-state index in [2.05, 4.69) is 27.9 Å². The monoisotopic (exact) mass is 416 g/mol. The van der Waals surface area contributed by atoms with E-state index in [1.54, 1.807) is 0 Å². The second-order valence-corrected chi connectivity index (χ2v) is 8.16. The maximum absolute atomic E-state index is 12.5. The Labute approximate surface area is 182 Å². The number of fused-ring (bicyclic) bond motifs is 1. The van der Waals surface area contributed by atoms with Gasteiger partial charge >= 0.3 is 0 Å². The molecule has 0 saturated carbocycles. The third kappa shape index (κ3) is 4.85. The summed E-state index contributed by atoms with van der Waals surface area (Å²) in [7, 11) is 0. The fraction of sp³-hybridized carbons (Fsp3) is 0.320. The van der Waals surface area contributed by atoms with Crippen molar-refractivity contribution in [2.75, 3.05) is 5.32 Å². The number of hydrogen-bond donors (Lipinski definition) is 2. The molecule has 2 N–H and O–H groups in total. The van der Waals surface area contributed by atoms with Crippen molar-refractivity contribution in [3.8, 4) is 0 Å². The predicted molar refractivity (Wildman–Crippen MR) is 121 cm³/mol. The Hall–Kier alpha value is -3.41. The summed E-state index contributed by atoms with van der Waals surface area (Å²) >= 11 is 0. The Morgan fingerprint density at radius 1 is 1.13 bits per heavy atom. The molecule has 160 valence electrons. The first kappa shape index (κ1) is 20.8. The molecule has 0 aliphatic carbocycles. The quantitative estimate of drug-likeness (QED) is 0.616. The third-order valence-electron chi connectivity index (χ3n) is 6.00. The number of hydrogen-bond acceptors (Lipinski definition) is 3. The first-order valence-electron chi connectivity index (χ1n) is 10.7. The first-order chi connectivity index (χ1) is 15.0. The second-order valence-electron chi connectivity index (χ2n) is 8.16. The zero-order valence-corrected chi connectivity index (χ0v) is 18.0. The summed E-state index contributed by atoms with van der Waals surface area (Å²) in [4.78, 5) is 24.8. The lowest BCUT2D eigenvalue weighted by Gasteiger charge is -2.24. The van der Waals surface area contributed by atoms with Gasteiger partial charge in [0.25, 0.3) is 0 Å². The average molecular weight is 417 g/mol. The van der Waals surface area contributed by atoms with Crippen LogP contribution in [0.5, 0.6) is 0 Å². The highest BCUT2D eigenvalue weighted by Crippen LogP contribution is 2.27. The summed E-state index contributed by atoms with van der Waals surface area (Å²) in [6.45, 7) is 5.17. The Kier molecular flexibility index (Phi) is 6.16. The van der Waals surface area contributed by atoms with Crippen molar-refractivity contribution in [3.05, 3.63) is 82.7 Å². The fourth-order valence-corrected chi connectivity index (χ4v) is 4.13. The Morgan fingerprint density at radius 2 is 1.87 bits per heavy atom. The van der Waals surface area contributed by atoms with Gasteiger partial charge < -0.3 is 10.6 Å². The highest BCUT2D eigenvalue weighted by atomic mass is 16.2. The minimum absolute atomic E-state index is 0.000349. The van der Waals surface area contributed by atoms with Crippen LogP contribution in [-0.2, 0) is 29.1 Å². The van der Waals surface area contributed by atoms with Gasteiger partial charge in [0.05, 0.1) is 12.2 Å². The van der Waals surface area contributed by atoms with Gasteiger partial charge in [-0.25, -0.2) is 0 Å². The Bertz CT molecular complexity index is 1090. The molecule has 0 spiro atoms. The van der Waals surface area contributed by atoms with Gasteiger partial charge in [0.15, 0.2) is 0 Å². The molecule has 2 heterocycles. The molecule has 2 aromatic carbocycles. The second kappa shape index (κ2) is 9.16. The minimum Gasteiger partial charge on any atom is -0.352 e. The Balaban J connectivity index is 1.31. The number of nitrogens with one attached hydrogen (secondary N) is 2. The number of anilines is 1. The van der Waals surface area contributed by atoms with E-state index in [1.807, 2.05) is 61.0 Å². The average Bonchev–Trinajstić information content (AvgIpc) is 3.03. The number of carbonyl (C=O) groups is 2.